The minimum absolute atomic E-state index is 0.0191. The largest absolute Gasteiger partial charge is 0.478 e. The fraction of sp³-hybridized carbons (Fsp3) is 0.0556. The van der Waals surface area contributed by atoms with Crippen molar-refractivity contribution >= 4 is 103 Å². The van der Waals surface area contributed by atoms with Gasteiger partial charge in [-0.3, -0.25) is 14.4 Å². The Kier molecular flexibility index (Phi) is 6.38. The molecule has 1 aliphatic heterocycles. The lowest BCUT2D eigenvalue weighted by atomic mass is 10.1. The molecule has 9 nitrogen and oxygen atoms in total. The maximum absolute atomic E-state index is 12.9. The molecule has 0 aliphatic carbocycles. The number of carbonyl (C=O) groups is 5. The van der Waals surface area contributed by atoms with E-state index in [4.69, 9.17) is 0 Å². The lowest BCUT2D eigenvalue weighted by molar-refractivity contribution is -0.118. The fourth-order valence-corrected chi connectivity index (χ4v) is 7.51. The van der Waals surface area contributed by atoms with Crippen LogP contribution < -0.4 is 5.01 Å². The van der Waals surface area contributed by atoms with Gasteiger partial charge in [0, 0.05) is 10.5 Å². The minimum atomic E-state index is -1.41. The van der Waals surface area contributed by atoms with Gasteiger partial charge in [0.15, 0.2) is 0 Å². The first kappa shape index (κ1) is 22.9. The van der Waals surface area contributed by atoms with E-state index >= 15 is 0 Å². The van der Waals surface area contributed by atoms with Crippen LogP contribution in [0.2, 0.25) is 0 Å². The third kappa shape index (κ3) is 3.47. The van der Waals surface area contributed by atoms with E-state index in [9.17, 15) is 34.2 Å². The first-order chi connectivity index (χ1) is 14.0. The van der Waals surface area contributed by atoms with Gasteiger partial charge in [0.25, 0.3) is 11.8 Å². The van der Waals surface area contributed by atoms with E-state index in [0.29, 0.717) is 5.01 Å². The molecule has 1 aliphatic rings. The molecule has 0 fully saturated rings. The third-order valence-corrected chi connectivity index (χ3v) is 7.38. The Labute approximate surface area is 209 Å². The fourth-order valence-electron chi connectivity index (χ4n) is 2.97. The van der Waals surface area contributed by atoms with E-state index in [2.05, 4.69) is 0 Å². The van der Waals surface area contributed by atoms with Crippen molar-refractivity contribution in [3.05, 3.63) is 57.2 Å². The van der Waals surface area contributed by atoms with Crippen LogP contribution in [-0.4, -0.2) is 44.9 Å². The molecule has 3 rings (SSSR count). The smallest absolute Gasteiger partial charge is 0.337 e. The summed E-state index contributed by atoms with van der Waals surface area (Å²) >= 11 is 4.95. The van der Waals surface area contributed by atoms with Crippen LogP contribution in [0.4, 0.5) is 5.69 Å². The Morgan fingerprint density at radius 2 is 1.23 bits per heavy atom. The lowest BCUT2D eigenvalue weighted by Gasteiger charge is -2.31. The number of halogens is 3. The van der Waals surface area contributed by atoms with Gasteiger partial charge in [0.05, 0.1) is 35.1 Å². The first-order valence-corrected chi connectivity index (χ1v) is 11.2. The Balaban J connectivity index is 2.36. The summed E-state index contributed by atoms with van der Waals surface area (Å²) in [6, 6.07) is 6.00. The summed E-state index contributed by atoms with van der Waals surface area (Å²) in [4.78, 5) is 62.1. The van der Waals surface area contributed by atoms with Crippen molar-refractivity contribution in [1.29, 1.82) is 0 Å². The monoisotopic (exact) mass is 746 g/mol. The molecule has 0 unspecified atom stereocenters. The number of hydrogen-bond donors (Lipinski definition) is 2. The van der Waals surface area contributed by atoms with E-state index < -0.39 is 29.7 Å². The standard InChI is InChI=1S/C18H9I3N2O7/c1-6(24)22(23-15(25)7-4-2-3-5-8(7)16(23)26)14-12(20)9(17(27)28)11(19)10(13(14)21)18(29)30/h2-5H,1H3,(H,27,28)(H,29,30). The van der Waals surface area contributed by atoms with E-state index in [0.717, 1.165) is 11.9 Å². The van der Waals surface area contributed by atoms with Crippen LogP contribution in [0.25, 0.3) is 0 Å². The highest BCUT2D eigenvalue weighted by atomic mass is 127. The van der Waals surface area contributed by atoms with Crippen molar-refractivity contribution in [2.45, 2.75) is 6.92 Å². The molecule has 12 heteroatoms. The SMILES string of the molecule is CC(=O)N(c1c(I)c(C(=O)O)c(I)c(C(=O)O)c1I)N1C(=O)c2ccccc2C1=O. The zero-order valence-corrected chi connectivity index (χ0v) is 21.2. The molecule has 2 aromatic rings. The molecule has 0 aromatic heterocycles. The summed E-state index contributed by atoms with van der Waals surface area (Å²) in [5, 5.41) is 20.6. The number of aromatic carboxylic acids is 2. The number of carbonyl (C=O) groups excluding carboxylic acids is 3. The Morgan fingerprint density at radius 3 is 1.57 bits per heavy atom. The molecule has 0 bridgehead atoms. The van der Waals surface area contributed by atoms with Crippen molar-refractivity contribution in [2.24, 2.45) is 0 Å². The van der Waals surface area contributed by atoms with E-state index in [1.165, 1.54) is 12.1 Å². The first-order valence-electron chi connectivity index (χ1n) is 7.96. The van der Waals surface area contributed by atoms with Crippen LogP contribution in [-0.2, 0) is 4.79 Å². The van der Waals surface area contributed by atoms with Gasteiger partial charge >= 0.3 is 11.9 Å². The number of fused-ring (bicyclic) bond motifs is 1. The van der Waals surface area contributed by atoms with Gasteiger partial charge in [-0.05, 0) is 79.9 Å². The summed E-state index contributed by atoms with van der Waals surface area (Å²) in [6.45, 7) is 1.09. The Bertz CT molecular complexity index is 1100. The molecule has 0 spiro atoms. The Morgan fingerprint density at radius 1 is 0.833 bits per heavy atom. The van der Waals surface area contributed by atoms with Gasteiger partial charge in [-0.15, -0.1) is 0 Å². The van der Waals surface area contributed by atoms with Crippen molar-refractivity contribution in [1.82, 2.24) is 5.01 Å². The van der Waals surface area contributed by atoms with Crippen molar-refractivity contribution in [2.75, 3.05) is 5.01 Å². The number of anilines is 1. The van der Waals surface area contributed by atoms with Crippen molar-refractivity contribution < 1.29 is 34.2 Å². The highest BCUT2D eigenvalue weighted by Gasteiger charge is 2.43. The van der Waals surface area contributed by atoms with Crippen LogP contribution in [0.1, 0.15) is 48.4 Å². The minimum Gasteiger partial charge on any atom is -0.478 e. The van der Waals surface area contributed by atoms with Gasteiger partial charge in [-0.25, -0.2) is 14.6 Å². The number of nitrogens with zero attached hydrogens (tertiary/aromatic N) is 2. The number of benzene rings is 2. The van der Waals surface area contributed by atoms with Crippen LogP contribution in [0.3, 0.4) is 0 Å². The summed E-state index contributed by atoms with van der Waals surface area (Å²) < 4.78 is 0.00678. The Hall–Kier alpha value is -1.82. The maximum Gasteiger partial charge on any atom is 0.337 e. The molecule has 0 saturated carbocycles. The number of imide groups is 1. The molecule has 1 heterocycles. The van der Waals surface area contributed by atoms with E-state index in [1.54, 1.807) is 79.9 Å². The predicted octanol–water partition coefficient (Wildman–Crippen LogP) is 3.46. The molecule has 2 aromatic carbocycles. The van der Waals surface area contributed by atoms with Crippen molar-refractivity contribution in [3.8, 4) is 0 Å². The topological polar surface area (TPSA) is 132 Å². The van der Waals surface area contributed by atoms with Gasteiger partial charge < -0.3 is 10.2 Å². The average molecular weight is 746 g/mol. The molecule has 3 amide bonds. The summed E-state index contributed by atoms with van der Waals surface area (Å²) in [5.41, 5.74) is -0.672. The number of hydrazine groups is 1. The van der Waals surface area contributed by atoms with Crippen LogP contribution in [0, 0.1) is 10.7 Å². The van der Waals surface area contributed by atoms with Gasteiger partial charge in [0.1, 0.15) is 0 Å². The molecule has 0 radical (unpaired) electrons. The van der Waals surface area contributed by atoms with Crippen molar-refractivity contribution in [3.63, 3.8) is 0 Å². The van der Waals surface area contributed by atoms with Gasteiger partial charge in [-0.1, -0.05) is 12.1 Å². The number of hydrogen-bond acceptors (Lipinski definition) is 5. The van der Waals surface area contributed by atoms with E-state index in [1.807, 2.05) is 0 Å². The zero-order valence-electron chi connectivity index (χ0n) is 14.8. The molecule has 30 heavy (non-hydrogen) atoms. The molecule has 0 saturated heterocycles. The van der Waals surface area contributed by atoms with E-state index in [-0.39, 0.29) is 38.7 Å². The summed E-state index contributed by atoms with van der Waals surface area (Å²) in [5.74, 6) is -5.13. The molecule has 154 valence electrons. The molecular formula is C18H9I3N2O7. The summed E-state index contributed by atoms with van der Waals surface area (Å²) in [6.07, 6.45) is 0. The van der Waals surface area contributed by atoms with Crippen LogP contribution in [0.15, 0.2) is 24.3 Å². The van der Waals surface area contributed by atoms with Crippen LogP contribution in [0.5, 0.6) is 0 Å². The molecular weight excluding hydrogens is 737 g/mol. The third-order valence-electron chi connectivity index (χ3n) is 4.20. The quantitative estimate of drug-likeness (QED) is 0.362. The van der Waals surface area contributed by atoms with Gasteiger partial charge in [0.2, 0.25) is 5.91 Å². The average Bonchev–Trinajstić information content (AvgIpc) is 2.89. The molecule has 2 N–H and O–H groups in total. The predicted molar refractivity (Wildman–Crippen MR) is 129 cm³/mol. The number of carboxylic acid groups (broad SMARTS) is 2. The number of rotatable bonds is 4. The molecule has 0 atom stereocenters. The maximum atomic E-state index is 12.9. The zero-order chi connectivity index (χ0) is 22.5. The second kappa shape index (κ2) is 8.37. The second-order valence-electron chi connectivity index (χ2n) is 5.95. The van der Waals surface area contributed by atoms with Crippen LogP contribution >= 0.6 is 67.8 Å². The van der Waals surface area contributed by atoms with Gasteiger partial charge in [-0.2, -0.15) is 5.01 Å². The highest BCUT2D eigenvalue weighted by molar-refractivity contribution is 14.1. The highest BCUT2D eigenvalue weighted by Crippen LogP contribution is 2.40. The second-order valence-corrected chi connectivity index (χ2v) is 9.19. The lowest BCUT2D eigenvalue weighted by Crippen LogP contribution is -2.50. The normalized spacial score (nSPS) is 12.7. The number of amides is 3. The number of carboxylic acids is 2. The summed E-state index contributed by atoms with van der Waals surface area (Å²) in [7, 11) is 0.